The summed E-state index contributed by atoms with van der Waals surface area (Å²) in [6.45, 7) is 4.04. The van der Waals surface area contributed by atoms with Crippen LogP contribution in [-0.4, -0.2) is 44.6 Å². The largest absolute Gasteiger partial charge is 0.492 e. The number of hydrogen-bond acceptors (Lipinski definition) is 3. The number of hydrogen-bond donors (Lipinski definition) is 1. The van der Waals surface area contributed by atoms with Crippen molar-refractivity contribution >= 4 is 21.8 Å². The SMILES string of the molecule is CNC(=O)C(C)CN(C)CCOc1cccc(Br)c1. The molecule has 0 aliphatic carbocycles. The first-order chi connectivity index (χ1) is 9.02. The zero-order valence-electron chi connectivity index (χ0n) is 11.6. The zero-order chi connectivity index (χ0) is 14.3. The zero-order valence-corrected chi connectivity index (χ0v) is 13.2. The van der Waals surface area contributed by atoms with Gasteiger partial charge in [0, 0.05) is 30.5 Å². The fourth-order valence-electron chi connectivity index (χ4n) is 1.76. The van der Waals surface area contributed by atoms with E-state index in [1.807, 2.05) is 38.2 Å². The first-order valence-corrected chi connectivity index (χ1v) is 7.10. The Morgan fingerprint density at radius 3 is 2.89 bits per heavy atom. The van der Waals surface area contributed by atoms with Crippen LogP contribution in [0.15, 0.2) is 28.7 Å². The van der Waals surface area contributed by atoms with Gasteiger partial charge < -0.3 is 15.0 Å². The van der Waals surface area contributed by atoms with Gasteiger partial charge in [-0.05, 0) is 25.2 Å². The first kappa shape index (κ1) is 16.0. The fourth-order valence-corrected chi connectivity index (χ4v) is 2.14. The van der Waals surface area contributed by atoms with E-state index < -0.39 is 0 Å². The molecule has 0 heterocycles. The Morgan fingerprint density at radius 2 is 2.26 bits per heavy atom. The summed E-state index contributed by atoms with van der Waals surface area (Å²) in [5.41, 5.74) is 0. The fraction of sp³-hybridized carbons (Fsp3) is 0.500. The van der Waals surface area contributed by atoms with Crippen LogP contribution in [0.2, 0.25) is 0 Å². The van der Waals surface area contributed by atoms with E-state index in [1.54, 1.807) is 7.05 Å². The van der Waals surface area contributed by atoms with Crippen molar-refractivity contribution in [1.82, 2.24) is 10.2 Å². The molecule has 0 bridgehead atoms. The van der Waals surface area contributed by atoms with Crippen molar-refractivity contribution in [2.45, 2.75) is 6.92 Å². The van der Waals surface area contributed by atoms with Crippen molar-refractivity contribution in [3.63, 3.8) is 0 Å². The number of likely N-dealkylation sites (N-methyl/N-ethyl adjacent to an activating group) is 1. The van der Waals surface area contributed by atoms with E-state index in [1.165, 1.54) is 0 Å². The number of amides is 1. The van der Waals surface area contributed by atoms with Crippen LogP contribution >= 0.6 is 15.9 Å². The van der Waals surface area contributed by atoms with E-state index in [0.29, 0.717) is 6.61 Å². The van der Waals surface area contributed by atoms with E-state index in [9.17, 15) is 4.79 Å². The number of carbonyl (C=O) groups excluding carboxylic acids is 1. The Morgan fingerprint density at radius 1 is 1.53 bits per heavy atom. The van der Waals surface area contributed by atoms with Gasteiger partial charge in [-0.2, -0.15) is 0 Å². The summed E-state index contributed by atoms with van der Waals surface area (Å²) in [6.07, 6.45) is 0. The predicted molar refractivity (Wildman–Crippen MR) is 80.4 cm³/mol. The second kappa shape index (κ2) is 8.17. The van der Waals surface area contributed by atoms with Gasteiger partial charge in [-0.1, -0.05) is 28.9 Å². The number of nitrogens with one attached hydrogen (secondary N) is 1. The average Bonchev–Trinajstić information content (AvgIpc) is 2.37. The molecule has 0 aromatic heterocycles. The summed E-state index contributed by atoms with van der Waals surface area (Å²) in [7, 11) is 3.65. The van der Waals surface area contributed by atoms with Gasteiger partial charge in [0.05, 0.1) is 0 Å². The molecule has 1 unspecified atom stereocenters. The molecule has 5 heteroatoms. The van der Waals surface area contributed by atoms with Gasteiger partial charge in [0.2, 0.25) is 5.91 Å². The number of nitrogens with zero attached hydrogens (tertiary/aromatic N) is 1. The van der Waals surface area contributed by atoms with Crippen LogP contribution in [0.5, 0.6) is 5.75 Å². The van der Waals surface area contributed by atoms with Crippen LogP contribution in [0.25, 0.3) is 0 Å². The molecule has 1 rings (SSSR count). The van der Waals surface area contributed by atoms with E-state index >= 15 is 0 Å². The number of halogens is 1. The predicted octanol–water partition coefficient (Wildman–Crippen LogP) is 2.14. The van der Waals surface area contributed by atoms with Crippen molar-refractivity contribution in [2.24, 2.45) is 5.92 Å². The second-order valence-corrected chi connectivity index (χ2v) is 5.50. The minimum atomic E-state index is -0.0131. The smallest absolute Gasteiger partial charge is 0.223 e. The summed E-state index contributed by atoms with van der Waals surface area (Å²) < 4.78 is 6.66. The lowest BCUT2D eigenvalue weighted by Crippen LogP contribution is -2.36. The highest BCUT2D eigenvalue weighted by atomic mass is 79.9. The molecule has 0 fully saturated rings. The van der Waals surface area contributed by atoms with E-state index in [-0.39, 0.29) is 11.8 Å². The lowest BCUT2D eigenvalue weighted by molar-refractivity contribution is -0.124. The molecule has 1 aromatic rings. The van der Waals surface area contributed by atoms with Crippen molar-refractivity contribution in [1.29, 1.82) is 0 Å². The van der Waals surface area contributed by atoms with Crippen molar-refractivity contribution in [2.75, 3.05) is 33.8 Å². The lowest BCUT2D eigenvalue weighted by atomic mass is 10.1. The summed E-state index contributed by atoms with van der Waals surface area (Å²) in [5.74, 6) is 0.905. The van der Waals surface area contributed by atoms with Gasteiger partial charge in [0.15, 0.2) is 0 Å². The van der Waals surface area contributed by atoms with Gasteiger partial charge >= 0.3 is 0 Å². The molecule has 0 saturated carbocycles. The minimum absolute atomic E-state index is 0.0131. The van der Waals surface area contributed by atoms with E-state index in [2.05, 4.69) is 26.1 Å². The maximum Gasteiger partial charge on any atom is 0.223 e. The summed E-state index contributed by atoms with van der Waals surface area (Å²) in [4.78, 5) is 13.5. The maximum atomic E-state index is 11.4. The van der Waals surface area contributed by atoms with Crippen LogP contribution in [0.3, 0.4) is 0 Å². The van der Waals surface area contributed by atoms with Crippen LogP contribution in [0.1, 0.15) is 6.92 Å². The van der Waals surface area contributed by atoms with Crippen LogP contribution in [0, 0.1) is 5.92 Å². The third kappa shape index (κ3) is 6.07. The Hall–Kier alpha value is -1.07. The van der Waals surface area contributed by atoms with Crippen molar-refractivity contribution in [3.8, 4) is 5.75 Å². The van der Waals surface area contributed by atoms with Gasteiger partial charge in [-0.15, -0.1) is 0 Å². The quantitative estimate of drug-likeness (QED) is 0.833. The molecule has 106 valence electrons. The molecule has 19 heavy (non-hydrogen) atoms. The minimum Gasteiger partial charge on any atom is -0.492 e. The average molecular weight is 329 g/mol. The Labute approximate surface area is 123 Å². The molecule has 1 atom stereocenters. The molecular weight excluding hydrogens is 308 g/mol. The molecule has 0 aliphatic rings. The Kier molecular flexibility index (Phi) is 6.87. The van der Waals surface area contributed by atoms with Crippen LogP contribution in [-0.2, 0) is 4.79 Å². The molecular formula is C14H21BrN2O2. The van der Waals surface area contributed by atoms with Gasteiger partial charge in [-0.3, -0.25) is 4.79 Å². The van der Waals surface area contributed by atoms with Crippen LogP contribution < -0.4 is 10.1 Å². The topological polar surface area (TPSA) is 41.6 Å². The summed E-state index contributed by atoms with van der Waals surface area (Å²) in [6, 6.07) is 7.77. The second-order valence-electron chi connectivity index (χ2n) is 4.58. The van der Waals surface area contributed by atoms with Crippen molar-refractivity contribution < 1.29 is 9.53 Å². The normalized spacial score (nSPS) is 12.3. The summed E-state index contributed by atoms with van der Waals surface area (Å²) in [5, 5.41) is 2.66. The number of rotatable bonds is 7. The molecule has 1 aromatic carbocycles. The van der Waals surface area contributed by atoms with E-state index in [0.717, 1.165) is 23.3 Å². The van der Waals surface area contributed by atoms with Gasteiger partial charge in [0.1, 0.15) is 12.4 Å². The monoisotopic (exact) mass is 328 g/mol. The van der Waals surface area contributed by atoms with Crippen molar-refractivity contribution in [3.05, 3.63) is 28.7 Å². The highest BCUT2D eigenvalue weighted by Gasteiger charge is 2.13. The molecule has 1 amide bonds. The Balaban J connectivity index is 2.27. The lowest BCUT2D eigenvalue weighted by Gasteiger charge is -2.20. The number of benzene rings is 1. The number of carbonyl (C=O) groups is 1. The number of ether oxygens (including phenoxy) is 1. The Bertz CT molecular complexity index is 412. The first-order valence-electron chi connectivity index (χ1n) is 6.31. The molecule has 0 aliphatic heterocycles. The van der Waals surface area contributed by atoms with Gasteiger partial charge in [-0.25, -0.2) is 0 Å². The standard InChI is InChI=1S/C14H21BrN2O2/c1-11(14(18)16-2)10-17(3)7-8-19-13-6-4-5-12(15)9-13/h4-6,9,11H,7-8,10H2,1-3H3,(H,16,18). The highest BCUT2D eigenvalue weighted by molar-refractivity contribution is 9.10. The van der Waals surface area contributed by atoms with Crippen LogP contribution in [0.4, 0.5) is 0 Å². The van der Waals surface area contributed by atoms with Gasteiger partial charge in [0.25, 0.3) is 0 Å². The highest BCUT2D eigenvalue weighted by Crippen LogP contribution is 2.17. The molecule has 4 nitrogen and oxygen atoms in total. The summed E-state index contributed by atoms with van der Waals surface area (Å²) >= 11 is 3.40. The maximum absolute atomic E-state index is 11.4. The third-order valence-electron chi connectivity index (χ3n) is 2.82. The molecule has 1 N–H and O–H groups in total. The third-order valence-corrected chi connectivity index (χ3v) is 3.31. The molecule has 0 spiro atoms. The molecule has 0 radical (unpaired) electrons. The molecule has 0 saturated heterocycles. The van der Waals surface area contributed by atoms with E-state index in [4.69, 9.17) is 4.74 Å².